The van der Waals surface area contributed by atoms with Crippen molar-refractivity contribution >= 4 is 10.0 Å². The Kier molecular flexibility index (Phi) is 2.14. The molecule has 0 amide bonds. The highest BCUT2D eigenvalue weighted by atomic mass is 32.2. The maximum absolute atomic E-state index is 11.1. The fourth-order valence-electron chi connectivity index (χ4n) is 1.02. The minimum Gasteiger partial charge on any atom is -0.228 e. The third kappa shape index (κ3) is 1.59. The molecule has 0 aromatic carbocycles. The van der Waals surface area contributed by atoms with Crippen LogP contribution in [0.25, 0.3) is 0 Å². The molecule has 0 fully saturated rings. The van der Waals surface area contributed by atoms with E-state index in [4.69, 9.17) is 5.14 Å². The van der Waals surface area contributed by atoms with Gasteiger partial charge in [-0.3, -0.25) is 0 Å². The first-order chi connectivity index (χ1) is 5.35. The fraction of sp³-hybridized carbons (Fsp3) is 0.500. The second-order valence-corrected chi connectivity index (χ2v) is 5.37. The van der Waals surface area contributed by atoms with Gasteiger partial charge >= 0.3 is 0 Å². The first-order valence-corrected chi connectivity index (χ1v) is 5.28. The van der Waals surface area contributed by atoms with Gasteiger partial charge in [-0.15, -0.1) is 0 Å². The van der Waals surface area contributed by atoms with Crippen LogP contribution in [0.1, 0.15) is 20.3 Å². The van der Waals surface area contributed by atoms with Gasteiger partial charge in [-0.05, 0) is 20.3 Å². The molecule has 0 aromatic rings. The van der Waals surface area contributed by atoms with E-state index in [0.29, 0.717) is 6.42 Å². The summed E-state index contributed by atoms with van der Waals surface area (Å²) in [6.45, 7) is 3.56. The van der Waals surface area contributed by atoms with Gasteiger partial charge in [-0.2, -0.15) is 0 Å². The Balaban J connectivity index is 3.02. The molecule has 68 valence electrons. The quantitative estimate of drug-likeness (QED) is 0.664. The number of primary sulfonamides is 1. The highest BCUT2D eigenvalue weighted by Crippen LogP contribution is 2.26. The van der Waals surface area contributed by atoms with E-state index in [9.17, 15) is 8.42 Å². The van der Waals surface area contributed by atoms with Crippen molar-refractivity contribution in [3.63, 3.8) is 0 Å². The Morgan fingerprint density at radius 3 is 2.50 bits per heavy atom. The van der Waals surface area contributed by atoms with E-state index in [1.807, 2.05) is 13.0 Å². The summed E-state index contributed by atoms with van der Waals surface area (Å²) in [6.07, 6.45) is 5.78. The maximum Gasteiger partial charge on any atom is 0.218 e. The molecular weight excluding hydrogens is 174 g/mol. The summed E-state index contributed by atoms with van der Waals surface area (Å²) >= 11 is 0. The zero-order valence-corrected chi connectivity index (χ0v) is 8.06. The van der Waals surface area contributed by atoms with Gasteiger partial charge in [0.1, 0.15) is 4.75 Å². The van der Waals surface area contributed by atoms with Crippen molar-refractivity contribution in [2.24, 2.45) is 5.14 Å². The normalized spacial score (nSPS) is 30.1. The molecule has 3 nitrogen and oxygen atoms in total. The van der Waals surface area contributed by atoms with Gasteiger partial charge in [-0.1, -0.05) is 23.8 Å². The molecule has 0 saturated carbocycles. The van der Waals surface area contributed by atoms with Gasteiger partial charge in [0, 0.05) is 0 Å². The lowest BCUT2D eigenvalue weighted by Gasteiger charge is -2.24. The molecular formula is C8H13NO2S. The Hall–Kier alpha value is -0.610. The maximum atomic E-state index is 11.1. The Morgan fingerprint density at radius 1 is 1.58 bits per heavy atom. The van der Waals surface area contributed by atoms with Crippen molar-refractivity contribution in [1.29, 1.82) is 0 Å². The van der Waals surface area contributed by atoms with Gasteiger partial charge in [-0.25, -0.2) is 13.6 Å². The number of rotatable bonds is 1. The lowest BCUT2D eigenvalue weighted by atomic mass is 9.98. The Bertz CT molecular complexity index is 340. The fourth-order valence-corrected chi connectivity index (χ4v) is 1.59. The first kappa shape index (κ1) is 9.48. The summed E-state index contributed by atoms with van der Waals surface area (Å²) in [5.41, 5.74) is 1.08. The molecule has 0 radical (unpaired) electrons. The molecule has 0 aromatic heterocycles. The van der Waals surface area contributed by atoms with Crippen LogP contribution in [0.2, 0.25) is 0 Å². The van der Waals surface area contributed by atoms with Crippen molar-refractivity contribution in [2.45, 2.75) is 25.0 Å². The van der Waals surface area contributed by atoms with Crippen LogP contribution in [0.4, 0.5) is 0 Å². The molecule has 0 heterocycles. The van der Waals surface area contributed by atoms with E-state index < -0.39 is 14.8 Å². The summed E-state index contributed by atoms with van der Waals surface area (Å²) in [5, 5.41) is 5.08. The van der Waals surface area contributed by atoms with Gasteiger partial charge in [0.25, 0.3) is 0 Å². The Morgan fingerprint density at radius 2 is 2.17 bits per heavy atom. The smallest absolute Gasteiger partial charge is 0.218 e. The predicted molar refractivity (Wildman–Crippen MR) is 49.0 cm³/mol. The molecule has 0 bridgehead atoms. The third-order valence-corrected chi connectivity index (χ3v) is 3.78. The van der Waals surface area contributed by atoms with E-state index >= 15 is 0 Å². The molecule has 2 N–H and O–H groups in total. The van der Waals surface area contributed by atoms with E-state index in [-0.39, 0.29) is 0 Å². The number of hydrogen-bond donors (Lipinski definition) is 1. The lowest BCUT2D eigenvalue weighted by molar-refractivity contribution is 0.564. The van der Waals surface area contributed by atoms with Crippen LogP contribution < -0.4 is 5.14 Å². The van der Waals surface area contributed by atoms with Crippen molar-refractivity contribution in [1.82, 2.24) is 0 Å². The molecule has 0 spiro atoms. The molecule has 1 rings (SSSR count). The predicted octanol–water partition coefficient (Wildman–Crippen LogP) is 0.940. The van der Waals surface area contributed by atoms with Gasteiger partial charge in [0.15, 0.2) is 0 Å². The van der Waals surface area contributed by atoms with Crippen LogP contribution >= 0.6 is 0 Å². The summed E-state index contributed by atoms with van der Waals surface area (Å²) in [6, 6.07) is 0. The number of hydrogen-bond acceptors (Lipinski definition) is 2. The topological polar surface area (TPSA) is 60.2 Å². The van der Waals surface area contributed by atoms with Crippen molar-refractivity contribution in [3.8, 4) is 0 Å². The largest absolute Gasteiger partial charge is 0.228 e. The first-order valence-electron chi connectivity index (χ1n) is 3.73. The standard InChI is InChI=1S/C8H13NO2S/c1-7-3-5-8(2,6-4-7)12(9,10)11/h3-5H,6H2,1-2H3,(H2,9,10,11). The minimum absolute atomic E-state index is 0.466. The van der Waals surface area contributed by atoms with Crippen molar-refractivity contribution < 1.29 is 8.42 Å². The molecule has 4 heteroatoms. The number of allylic oxidation sites excluding steroid dienone is 3. The zero-order chi connectivity index (χ0) is 9.41. The van der Waals surface area contributed by atoms with Crippen molar-refractivity contribution in [2.75, 3.05) is 0 Å². The molecule has 1 aliphatic rings. The van der Waals surface area contributed by atoms with Crippen LogP contribution in [0.3, 0.4) is 0 Å². The van der Waals surface area contributed by atoms with Gasteiger partial charge in [0.05, 0.1) is 0 Å². The van der Waals surface area contributed by atoms with Crippen LogP contribution in [0, 0.1) is 0 Å². The van der Waals surface area contributed by atoms with E-state index in [0.717, 1.165) is 5.57 Å². The van der Waals surface area contributed by atoms with Crippen LogP contribution in [-0.2, 0) is 10.0 Å². The SMILES string of the molecule is CC1=CCC(C)(S(N)(=O)=O)C=C1. The highest BCUT2D eigenvalue weighted by molar-refractivity contribution is 7.90. The van der Waals surface area contributed by atoms with Gasteiger partial charge < -0.3 is 0 Å². The second-order valence-electron chi connectivity index (χ2n) is 3.34. The average Bonchev–Trinajstić information content (AvgIpc) is 1.93. The van der Waals surface area contributed by atoms with Gasteiger partial charge in [0.2, 0.25) is 10.0 Å². The molecule has 1 unspecified atom stereocenters. The zero-order valence-electron chi connectivity index (χ0n) is 7.24. The second kappa shape index (κ2) is 2.71. The van der Waals surface area contributed by atoms with E-state index in [1.165, 1.54) is 0 Å². The van der Waals surface area contributed by atoms with Crippen molar-refractivity contribution in [3.05, 3.63) is 23.8 Å². The third-order valence-electron chi connectivity index (χ3n) is 2.18. The summed E-state index contributed by atoms with van der Waals surface area (Å²) < 4.78 is 21.3. The highest BCUT2D eigenvalue weighted by Gasteiger charge is 2.33. The molecule has 1 atom stereocenters. The van der Waals surface area contributed by atoms with E-state index in [2.05, 4.69) is 0 Å². The lowest BCUT2D eigenvalue weighted by Crippen LogP contribution is -2.39. The van der Waals surface area contributed by atoms with Crippen LogP contribution in [-0.4, -0.2) is 13.2 Å². The summed E-state index contributed by atoms with van der Waals surface area (Å²) in [7, 11) is -3.48. The molecule has 12 heavy (non-hydrogen) atoms. The average molecular weight is 187 g/mol. The Labute approximate surface area is 73.0 Å². The van der Waals surface area contributed by atoms with E-state index in [1.54, 1.807) is 19.1 Å². The monoisotopic (exact) mass is 187 g/mol. The number of nitrogens with two attached hydrogens (primary N) is 1. The molecule has 0 saturated heterocycles. The summed E-state index contributed by atoms with van der Waals surface area (Å²) in [5.74, 6) is 0. The molecule has 0 aliphatic heterocycles. The minimum atomic E-state index is -3.48. The van der Waals surface area contributed by atoms with Crippen LogP contribution in [0.15, 0.2) is 23.8 Å². The summed E-state index contributed by atoms with van der Waals surface area (Å²) in [4.78, 5) is 0. The molecule has 1 aliphatic carbocycles. The van der Waals surface area contributed by atoms with Crippen LogP contribution in [0.5, 0.6) is 0 Å². The number of sulfonamides is 1.